The molecule has 0 bridgehead atoms. The van der Waals surface area contributed by atoms with E-state index in [1.165, 1.54) is 14.1 Å². The van der Waals surface area contributed by atoms with Gasteiger partial charge in [-0.2, -0.15) is 0 Å². The Morgan fingerprint density at radius 1 is 1.13 bits per heavy atom. The minimum atomic E-state index is -1.85. The largest absolute Gasteiger partial charge is 0.394 e. The summed E-state index contributed by atoms with van der Waals surface area (Å²) < 4.78 is 0. The molecule has 4 unspecified atom stereocenters. The number of nitrogens with zero attached hydrogens (tertiary/aromatic N) is 1. The predicted molar refractivity (Wildman–Crippen MR) is 49.8 cm³/mol. The van der Waals surface area contributed by atoms with Crippen molar-refractivity contribution in [3.05, 3.63) is 0 Å². The van der Waals surface area contributed by atoms with Crippen molar-refractivity contribution in [2.75, 3.05) is 20.7 Å². The average molecular weight is 223 g/mol. The van der Waals surface area contributed by atoms with E-state index in [-0.39, 0.29) is 0 Å². The highest BCUT2D eigenvalue weighted by atomic mass is 16.4. The lowest BCUT2D eigenvalue weighted by Crippen LogP contribution is -2.51. The van der Waals surface area contributed by atoms with Crippen molar-refractivity contribution >= 4 is 5.91 Å². The van der Waals surface area contributed by atoms with Gasteiger partial charge in [-0.25, -0.2) is 0 Å². The first-order chi connectivity index (χ1) is 6.82. The molecule has 5 N–H and O–H groups in total. The zero-order chi connectivity index (χ0) is 12.2. The smallest absolute Gasteiger partial charge is 0.253 e. The molecule has 0 aromatic heterocycles. The van der Waals surface area contributed by atoms with E-state index in [0.29, 0.717) is 0 Å². The molecule has 7 nitrogen and oxygen atoms in total. The van der Waals surface area contributed by atoms with Crippen LogP contribution in [-0.4, -0.2) is 81.5 Å². The minimum absolute atomic E-state index is 0.777. The van der Waals surface area contributed by atoms with Gasteiger partial charge >= 0.3 is 0 Å². The van der Waals surface area contributed by atoms with Crippen LogP contribution in [0.2, 0.25) is 0 Å². The Balaban J connectivity index is 4.43. The maximum Gasteiger partial charge on any atom is 0.253 e. The summed E-state index contributed by atoms with van der Waals surface area (Å²) in [7, 11) is 2.74. The average Bonchev–Trinajstić information content (AvgIpc) is 2.23. The summed E-state index contributed by atoms with van der Waals surface area (Å²) in [4.78, 5) is 12.2. The Labute approximate surface area is 87.2 Å². The summed E-state index contributed by atoms with van der Waals surface area (Å²) >= 11 is 0. The fourth-order valence-corrected chi connectivity index (χ4v) is 0.933. The SMILES string of the molecule is CN(C)C(=O)C(O)C(O)C(O)C(O)CO. The predicted octanol–water partition coefficient (Wildman–Crippen LogP) is -3.49. The van der Waals surface area contributed by atoms with Crippen molar-refractivity contribution in [1.82, 2.24) is 4.90 Å². The summed E-state index contributed by atoms with van der Waals surface area (Å²) in [6, 6.07) is 0. The molecule has 0 aliphatic carbocycles. The summed E-state index contributed by atoms with van der Waals surface area (Å²) in [6.07, 6.45) is -7.07. The van der Waals surface area contributed by atoms with Gasteiger partial charge in [-0.15, -0.1) is 0 Å². The van der Waals surface area contributed by atoms with E-state index < -0.39 is 36.9 Å². The Morgan fingerprint density at radius 3 is 1.93 bits per heavy atom. The van der Waals surface area contributed by atoms with Crippen molar-refractivity contribution in [2.24, 2.45) is 0 Å². The van der Waals surface area contributed by atoms with Crippen LogP contribution in [-0.2, 0) is 4.79 Å². The van der Waals surface area contributed by atoms with Crippen LogP contribution in [0.1, 0.15) is 0 Å². The first-order valence-corrected chi connectivity index (χ1v) is 4.37. The van der Waals surface area contributed by atoms with Gasteiger partial charge in [0, 0.05) is 14.1 Å². The van der Waals surface area contributed by atoms with Crippen LogP contribution in [0.15, 0.2) is 0 Å². The minimum Gasteiger partial charge on any atom is -0.394 e. The number of carbonyl (C=O) groups excluding carboxylic acids is 1. The molecule has 0 aliphatic rings. The first-order valence-electron chi connectivity index (χ1n) is 4.37. The van der Waals surface area contributed by atoms with Crippen LogP contribution in [0.4, 0.5) is 0 Å². The Hall–Kier alpha value is -0.730. The summed E-state index contributed by atoms with van der Waals surface area (Å²) in [6.45, 7) is -0.777. The Morgan fingerprint density at radius 2 is 1.60 bits per heavy atom. The van der Waals surface area contributed by atoms with Crippen LogP contribution in [0.5, 0.6) is 0 Å². The third-order valence-electron chi connectivity index (χ3n) is 1.95. The van der Waals surface area contributed by atoms with E-state index in [1.807, 2.05) is 0 Å². The second kappa shape index (κ2) is 5.99. The van der Waals surface area contributed by atoms with Gasteiger partial charge in [-0.05, 0) is 0 Å². The maximum atomic E-state index is 11.2. The van der Waals surface area contributed by atoms with E-state index in [0.717, 1.165) is 4.90 Å². The highest BCUT2D eigenvalue weighted by Crippen LogP contribution is 2.06. The molecule has 4 atom stereocenters. The van der Waals surface area contributed by atoms with Gasteiger partial charge in [0.2, 0.25) is 0 Å². The topological polar surface area (TPSA) is 121 Å². The third-order valence-corrected chi connectivity index (χ3v) is 1.95. The third kappa shape index (κ3) is 3.73. The second-order valence-corrected chi connectivity index (χ2v) is 3.41. The normalized spacial score (nSPS) is 19.1. The van der Waals surface area contributed by atoms with Gasteiger partial charge in [0.15, 0.2) is 6.10 Å². The highest BCUT2D eigenvalue weighted by molar-refractivity contribution is 5.80. The lowest BCUT2D eigenvalue weighted by Gasteiger charge is -2.26. The molecule has 7 heteroatoms. The van der Waals surface area contributed by atoms with E-state index in [2.05, 4.69) is 0 Å². The van der Waals surface area contributed by atoms with Crippen LogP contribution in [0.25, 0.3) is 0 Å². The number of hydrogen-bond donors (Lipinski definition) is 5. The van der Waals surface area contributed by atoms with Crippen molar-refractivity contribution in [2.45, 2.75) is 24.4 Å². The second-order valence-electron chi connectivity index (χ2n) is 3.41. The number of amides is 1. The summed E-state index contributed by atoms with van der Waals surface area (Å²) in [5, 5.41) is 45.2. The molecule has 0 rings (SSSR count). The molecule has 0 aliphatic heterocycles. The van der Waals surface area contributed by atoms with E-state index >= 15 is 0 Å². The number of aliphatic hydroxyl groups excluding tert-OH is 5. The molecular formula is C8H17NO6. The standard InChI is InChI=1S/C8H17NO6/c1-9(2)8(15)7(14)6(13)5(12)4(11)3-10/h4-7,10-14H,3H2,1-2H3. The molecule has 0 fully saturated rings. The van der Waals surface area contributed by atoms with Gasteiger partial charge in [-0.1, -0.05) is 0 Å². The van der Waals surface area contributed by atoms with Crippen LogP contribution in [0, 0.1) is 0 Å². The molecule has 0 heterocycles. The Bertz CT molecular complexity index is 209. The molecule has 0 aromatic rings. The fraction of sp³-hybridized carbons (Fsp3) is 0.875. The van der Waals surface area contributed by atoms with Crippen LogP contribution >= 0.6 is 0 Å². The van der Waals surface area contributed by atoms with Crippen LogP contribution in [0.3, 0.4) is 0 Å². The molecule has 0 spiro atoms. The van der Waals surface area contributed by atoms with Gasteiger partial charge in [0.1, 0.15) is 18.3 Å². The number of likely N-dealkylation sites (N-methyl/N-ethyl adjacent to an activating group) is 1. The monoisotopic (exact) mass is 223 g/mol. The molecule has 0 aromatic carbocycles. The molecule has 1 amide bonds. The van der Waals surface area contributed by atoms with E-state index in [1.54, 1.807) is 0 Å². The van der Waals surface area contributed by atoms with Gasteiger partial charge < -0.3 is 30.4 Å². The van der Waals surface area contributed by atoms with E-state index in [4.69, 9.17) is 10.2 Å². The molecule has 0 saturated carbocycles. The lowest BCUT2D eigenvalue weighted by atomic mass is 10.0. The number of rotatable bonds is 5. The number of hydrogen-bond acceptors (Lipinski definition) is 6. The first kappa shape index (κ1) is 14.3. The van der Waals surface area contributed by atoms with E-state index in [9.17, 15) is 20.1 Å². The van der Waals surface area contributed by atoms with Crippen molar-refractivity contribution in [1.29, 1.82) is 0 Å². The number of aliphatic hydroxyl groups is 5. The Kier molecular flexibility index (Phi) is 5.69. The van der Waals surface area contributed by atoms with Crippen LogP contribution < -0.4 is 0 Å². The zero-order valence-corrected chi connectivity index (χ0v) is 8.61. The number of carbonyl (C=O) groups is 1. The zero-order valence-electron chi connectivity index (χ0n) is 8.61. The van der Waals surface area contributed by atoms with Gasteiger partial charge in [-0.3, -0.25) is 4.79 Å². The molecular weight excluding hydrogens is 206 g/mol. The van der Waals surface area contributed by atoms with Gasteiger partial charge in [0.25, 0.3) is 5.91 Å². The van der Waals surface area contributed by atoms with Crippen molar-refractivity contribution in [3.63, 3.8) is 0 Å². The fourth-order valence-electron chi connectivity index (χ4n) is 0.933. The quantitative estimate of drug-likeness (QED) is 0.330. The summed E-state index contributed by atoms with van der Waals surface area (Å²) in [5.74, 6) is -0.799. The maximum absolute atomic E-state index is 11.2. The van der Waals surface area contributed by atoms with Gasteiger partial charge in [0.05, 0.1) is 6.61 Å². The molecule has 0 saturated heterocycles. The molecule has 15 heavy (non-hydrogen) atoms. The van der Waals surface area contributed by atoms with Crippen molar-refractivity contribution in [3.8, 4) is 0 Å². The summed E-state index contributed by atoms with van der Waals surface area (Å²) in [5.41, 5.74) is 0. The molecule has 0 radical (unpaired) electrons. The molecule has 90 valence electrons. The highest BCUT2D eigenvalue weighted by Gasteiger charge is 2.34. The lowest BCUT2D eigenvalue weighted by molar-refractivity contribution is -0.156. The van der Waals surface area contributed by atoms with Crippen molar-refractivity contribution < 1.29 is 30.3 Å².